The van der Waals surface area contributed by atoms with E-state index in [1.54, 1.807) is 24.5 Å². The van der Waals surface area contributed by atoms with E-state index in [-0.39, 0.29) is 12.4 Å². The maximum Gasteiger partial charge on any atom is 0.232 e. The van der Waals surface area contributed by atoms with Crippen molar-refractivity contribution in [3.63, 3.8) is 0 Å². The molecule has 4 aromatic rings. The fraction of sp³-hybridized carbons (Fsp3) is 0.273. The Kier molecular flexibility index (Phi) is 4.85. The van der Waals surface area contributed by atoms with E-state index in [2.05, 4.69) is 35.8 Å². The van der Waals surface area contributed by atoms with Crippen molar-refractivity contribution < 1.29 is 13.7 Å². The number of anilines is 1. The van der Waals surface area contributed by atoms with Crippen LogP contribution in [0.3, 0.4) is 0 Å². The van der Waals surface area contributed by atoms with Crippen LogP contribution in [0.4, 0.5) is 10.2 Å². The van der Waals surface area contributed by atoms with E-state index < -0.39 is 0 Å². The summed E-state index contributed by atoms with van der Waals surface area (Å²) in [6.45, 7) is 6.45. The van der Waals surface area contributed by atoms with Gasteiger partial charge in [-0.15, -0.1) is 0 Å². The SMILES string of the molecule is Cc1cn2c(n1)CN(c1cnc(OCc3c(-c4ccc(F)cc4)noc3C)cn1)CC2. The summed E-state index contributed by atoms with van der Waals surface area (Å²) in [6, 6.07) is 6.11. The van der Waals surface area contributed by atoms with Gasteiger partial charge in [-0.25, -0.2) is 19.3 Å². The van der Waals surface area contributed by atoms with E-state index in [0.717, 1.165) is 41.6 Å². The number of aryl methyl sites for hydroxylation is 2. The van der Waals surface area contributed by atoms with Crippen LogP contribution in [0, 0.1) is 19.7 Å². The molecule has 1 aliphatic heterocycles. The number of benzene rings is 1. The Morgan fingerprint density at radius 3 is 2.71 bits per heavy atom. The van der Waals surface area contributed by atoms with Crippen molar-refractivity contribution in [2.45, 2.75) is 33.5 Å². The van der Waals surface area contributed by atoms with Crippen LogP contribution in [0.15, 0.2) is 47.4 Å². The summed E-state index contributed by atoms with van der Waals surface area (Å²) >= 11 is 0. The third kappa shape index (κ3) is 3.86. The molecule has 31 heavy (non-hydrogen) atoms. The number of hydrogen-bond acceptors (Lipinski definition) is 7. The fourth-order valence-corrected chi connectivity index (χ4v) is 3.68. The third-order valence-electron chi connectivity index (χ3n) is 5.33. The standard InChI is InChI=1S/C22H21FN6O2/c1-14-11-28-7-8-29(12-20(28)26-14)19-9-25-21(10-24-19)30-13-18-15(2)31-27-22(18)16-3-5-17(23)6-4-16/h3-6,9-11H,7-8,12-13H2,1-2H3. The second-order valence-corrected chi connectivity index (χ2v) is 7.49. The zero-order chi connectivity index (χ0) is 21.4. The molecule has 0 bridgehead atoms. The number of aromatic nitrogens is 5. The Balaban J connectivity index is 1.27. The molecule has 0 amide bonds. The summed E-state index contributed by atoms with van der Waals surface area (Å²) in [5, 5.41) is 4.10. The van der Waals surface area contributed by atoms with Gasteiger partial charge in [0.05, 0.1) is 30.2 Å². The van der Waals surface area contributed by atoms with Gasteiger partial charge in [0.1, 0.15) is 35.5 Å². The van der Waals surface area contributed by atoms with E-state index in [1.165, 1.54) is 12.1 Å². The first-order valence-electron chi connectivity index (χ1n) is 10.0. The van der Waals surface area contributed by atoms with Gasteiger partial charge in [0.25, 0.3) is 0 Å². The van der Waals surface area contributed by atoms with E-state index >= 15 is 0 Å². The number of imidazole rings is 1. The van der Waals surface area contributed by atoms with Crippen LogP contribution in [0.5, 0.6) is 5.88 Å². The van der Waals surface area contributed by atoms with E-state index in [0.29, 0.717) is 23.9 Å². The number of halogens is 1. The van der Waals surface area contributed by atoms with Gasteiger partial charge in [-0.05, 0) is 38.1 Å². The summed E-state index contributed by atoms with van der Waals surface area (Å²) in [7, 11) is 0. The normalized spacial score (nSPS) is 13.3. The van der Waals surface area contributed by atoms with Crippen LogP contribution in [-0.2, 0) is 19.7 Å². The minimum Gasteiger partial charge on any atom is -0.471 e. The van der Waals surface area contributed by atoms with Crippen molar-refractivity contribution in [1.82, 2.24) is 24.7 Å². The molecule has 4 heterocycles. The molecule has 8 nitrogen and oxygen atoms in total. The van der Waals surface area contributed by atoms with E-state index in [1.807, 2.05) is 13.8 Å². The van der Waals surface area contributed by atoms with Gasteiger partial charge in [-0.2, -0.15) is 0 Å². The molecule has 0 spiro atoms. The van der Waals surface area contributed by atoms with Gasteiger partial charge in [-0.3, -0.25) is 0 Å². The molecule has 5 rings (SSSR count). The molecular weight excluding hydrogens is 399 g/mol. The second kappa shape index (κ2) is 7.82. The van der Waals surface area contributed by atoms with E-state index in [4.69, 9.17) is 9.26 Å². The van der Waals surface area contributed by atoms with Gasteiger partial charge >= 0.3 is 0 Å². The van der Waals surface area contributed by atoms with Crippen LogP contribution < -0.4 is 9.64 Å². The molecule has 158 valence electrons. The molecule has 1 aliphatic rings. The highest BCUT2D eigenvalue weighted by Gasteiger charge is 2.20. The number of fused-ring (bicyclic) bond motifs is 1. The summed E-state index contributed by atoms with van der Waals surface area (Å²) in [4.78, 5) is 15.6. The van der Waals surface area contributed by atoms with Crippen LogP contribution in [0.2, 0.25) is 0 Å². The maximum absolute atomic E-state index is 13.2. The van der Waals surface area contributed by atoms with Crippen molar-refractivity contribution >= 4 is 5.82 Å². The molecule has 0 atom stereocenters. The lowest BCUT2D eigenvalue weighted by atomic mass is 10.1. The minimum atomic E-state index is -0.301. The van der Waals surface area contributed by atoms with Crippen molar-refractivity contribution in [1.29, 1.82) is 0 Å². The average molecular weight is 420 g/mol. The first-order valence-corrected chi connectivity index (χ1v) is 10.0. The second-order valence-electron chi connectivity index (χ2n) is 7.49. The molecule has 0 unspecified atom stereocenters. The minimum absolute atomic E-state index is 0.219. The number of rotatable bonds is 5. The number of ether oxygens (including phenoxy) is 1. The Labute approximate surface area is 178 Å². The van der Waals surface area contributed by atoms with Gasteiger partial charge in [0.15, 0.2) is 0 Å². The Morgan fingerprint density at radius 1 is 1.10 bits per heavy atom. The van der Waals surface area contributed by atoms with Gasteiger partial charge in [0, 0.05) is 24.8 Å². The smallest absolute Gasteiger partial charge is 0.232 e. The molecule has 9 heteroatoms. The molecule has 0 saturated carbocycles. The largest absolute Gasteiger partial charge is 0.471 e. The topological polar surface area (TPSA) is 82.1 Å². The van der Waals surface area contributed by atoms with Gasteiger partial charge in [-0.1, -0.05) is 5.16 Å². The first kappa shape index (κ1) is 19.2. The quantitative estimate of drug-likeness (QED) is 0.487. The fourth-order valence-electron chi connectivity index (χ4n) is 3.68. The zero-order valence-electron chi connectivity index (χ0n) is 17.2. The average Bonchev–Trinajstić information content (AvgIpc) is 3.34. The number of hydrogen-bond donors (Lipinski definition) is 0. The molecule has 0 N–H and O–H groups in total. The van der Waals surface area contributed by atoms with Crippen LogP contribution in [0.1, 0.15) is 22.8 Å². The van der Waals surface area contributed by atoms with Gasteiger partial charge in [0.2, 0.25) is 5.88 Å². The van der Waals surface area contributed by atoms with Crippen LogP contribution in [-0.4, -0.2) is 31.2 Å². The molecule has 0 aliphatic carbocycles. The highest BCUT2D eigenvalue weighted by atomic mass is 19.1. The summed E-state index contributed by atoms with van der Waals surface area (Å²) < 4.78 is 26.6. The Bertz CT molecular complexity index is 1200. The van der Waals surface area contributed by atoms with Gasteiger partial charge < -0.3 is 18.7 Å². The number of nitrogens with zero attached hydrogens (tertiary/aromatic N) is 6. The van der Waals surface area contributed by atoms with Crippen molar-refractivity contribution in [3.8, 4) is 17.1 Å². The predicted octanol–water partition coefficient (Wildman–Crippen LogP) is 3.68. The summed E-state index contributed by atoms with van der Waals surface area (Å²) in [5.74, 6) is 2.56. The van der Waals surface area contributed by atoms with Crippen molar-refractivity contribution in [3.05, 3.63) is 71.5 Å². The van der Waals surface area contributed by atoms with Crippen molar-refractivity contribution in [2.24, 2.45) is 0 Å². The molecular formula is C22H21FN6O2. The monoisotopic (exact) mass is 420 g/mol. The van der Waals surface area contributed by atoms with Crippen molar-refractivity contribution in [2.75, 3.05) is 11.4 Å². The van der Waals surface area contributed by atoms with E-state index in [9.17, 15) is 4.39 Å². The summed E-state index contributed by atoms with van der Waals surface area (Å²) in [6.07, 6.45) is 5.40. The zero-order valence-corrected chi connectivity index (χ0v) is 17.2. The van der Waals surface area contributed by atoms with Crippen LogP contribution >= 0.6 is 0 Å². The lowest BCUT2D eigenvalue weighted by Crippen LogP contribution is -2.34. The lowest BCUT2D eigenvalue weighted by Gasteiger charge is -2.28. The lowest BCUT2D eigenvalue weighted by molar-refractivity contribution is 0.289. The molecule has 1 aromatic carbocycles. The molecule has 0 saturated heterocycles. The predicted molar refractivity (Wildman–Crippen MR) is 111 cm³/mol. The molecule has 0 radical (unpaired) electrons. The Hall–Kier alpha value is -3.75. The third-order valence-corrected chi connectivity index (χ3v) is 5.33. The first-order chi connectivity index (χ1) is 15.1. The van der Waals surface area contributed by atoms with Crippen LogP contribution in [0.25, 0.3) is 11.3 Å². The summed E-state index contributed by atoms with van der Waals surface area (Å²) in [5.41, 5.74) is 3.20. The molecule has 0 fully saturated rings. The highest BCUT2D eigenvalue weighted by molar-refractivity contribution is 5.63. The highest BCUT2D eigenvalue weighted by Crippen LogP contribution is 2.27. The molecule has 3 aromatic heterocycles. The Morgan fingerprint density at radius 2 is 1.94 bits per heavy atom. The maximum atomic E-state index is 13.2.